The molecule has 0 bridgehead atoms. The molecule has 0 fully saturated rings. The summed E-state index contributed by atoms with van der Waals surface area (Å²) in [7, 11) is 1.82. The smallest absolute Gasteiger partial charge is 0.238 e. The van der Waals surface area contributed by atoms with Crippen LogP contribution in [0.5, 0.6) is 0 Å². The molecule has 1 aromatic rings. The fraction of sp³-hybridized carbons (Fsp3) is 0.429. The van der Waals surface area contributed by atoms with Gasteiger partial charge in [-0.3, -0.25) is 9.69 Å². The number of nitrogens with zero attached hydrogens (tertiary/aromatic N) is 2. The second-order valence-electron chi connectivity index (χ2n) is 4.85. The summed E-state index contributed by atoms with van der Waals surface area (Å²) in [5, 5.41) is 11.6. The van der Waals surface area contributed by atoms with E-state index in [2.05, 4.69) is 11.4 Å². The Labute approximate surface area is 114 Å². The molecule has 1 rings (SSSR count). The van der Waals surface area contributed by atoms with E-state index in [4.69, 9.17) is 11.0 Å². The van der Waals surface area contributed by atoms with Gasteiger partial charge in [0.15, 0.2) is 0 Å². The number of rotatable bonds is 5. The molecule has 0 aliphatic carbocycles. The zero-order valence-electron chi connectivity index (χ0n) is 11.6. The zero-order chi connectivity index (χ0) is 14.4. The maximum Gasteiger partial charge on any atom is 0.238 e. The molecule has 1 amide bonds. The summed E-state index contributed by atoms with van der Waals surface area (Å²) in [6.45, 7) is 4.56. The first-order valence-electron chi connectivity index (χ1n) is 6.16. The van der Waals surface area contributed by atoms with Crippen molar-refractivity contribution in [2.45, 2.75) is 13.8 Å². The van der Waals surface area contributed by atoms with Crippen LogP contribution in [0, 0.1) is 24.2 Å². The van der Waals surface area contributed by atoms with Crippen molar-refractivity contribution < 1.29 is 4.79 Å². The number of carbonyl (C=O) groups excluding carboxylic acids is 1. The van der Waals surface area contributed by atoms with Gasteiger partial charge >= 0.3 is 0 Å². The second-order valence-corrected chi connectivity index (χ2v) is 4.85. The molecule has 1 atom stereocenters. The maximum atomic E-state index is 11.9. The first kappa shape index (κ1) is 15.0. The Kier molecular flexibility index (Phi) is 5.34. The second kappa shape index (κ2) is 6.76. The van der Waals surface area contributed by atoms with Gasteiger partial charge in [-0.15, -0.1) is 0 Å². The summed E-state index contributed by atoms with van der Waals surface area (Å²) in [5.74, 6) is -0.184. The molecule has 0 aliphatic heterocycles. The van der Waals surface area contributed by atoms with Crippen molar-refractivity contribution in [3.05, 3.63) is 23.8 Å². The van der Waals surface area contributed by atoms with Gasteiger partial charge in [0.1, 0.15) is 0 Å². The highest BCUT2D eigenvalue weighted by atomic mass is 16.2. The van der Waals surface area contributed by atoms with E-state index >= 15 is 0 Å². The summed E-state index contributed by atoms with van der Waals surface area (Å²) in [6, 6.07) is 7.51. The summed E-state index contributed by atoms with van der Waals surface area (Å²) in [5.41, 5.74) is 8.03. The number of nitrogens with two attached hydrogens (primary N) is 1. The number of hydrogen-bond acceptors (Lipinski definition) is 4. The summed E-state index contributed by atoms with van der Waals surface area (Å²) in [6.07, 6.45) is 0. The molecule has 5 nitrogen and oxygen atoms in total. The third kappa shape index (κ3) is 4.98. The van der Waals surface area contributed by atoms with Gasteiger partial charge in [0, 0.05) is 17.9 Å². The van der Waals surface area contributed by atoms with Gasteiger partial charge in [-0.05, 0) is 44.7 Å². The summed E-state index contributed by atoms with van der Waals surface area (Å²) in [4.78, 5) is 13.7. The van der Waals surface area contributed by atoms with Crippen LogP contribution in [0.3, 0.4) is 0 Å². The highest BCUT2D eigenvalue weighted by Crippen LogP contribution is 2.17. The van der Waals surface area contributed by atoms with Crippen LogP contribution in [-0.2, 0) is 4.79 Å². The molecule has 0 saturated carbocycles. The van der Waals surface area contributed by atoms with Crippen molar-refractivity contribution in [3.8, 4) is 6.07 Å². The number of aryl methyl sites for hydroxylation is 1. The number of nitrogen functional groups attached to an aromatic ring is 1. The van der Waals surface area contributed by atoms with Crippen molar-refractivity contribution in [3.63, 3.8) is 0 Å². The molecule has 0 saturated heterocycles. The molecule has 0 aromatic heterocycles. The van der Waals surface area contributed by atoms with Crippen molar-refractivity contribution >= 4 is 17.3 Å². The fourth-order valence-electron chi connectivity index (χ4n) is 1.83. The fourth-order valence-corrected chi connectivity index (χ4v) is 1.83. The highest BCUT2D eigenvalue weighted by molar-refractivity contribution is 5.93. The molecule has 5 heteroatoms. The number of carbonyl (C=O) groups is 1. The summed E-state index contributed by atoms with van der Waals surface area (Å²) >= 11 is 0. The molecule has 0 radical (unpaired) electrons. The minimum atomic E-state index is -0.0967. The van der Waals surface area contributed by atoms with Gasteiger partial charge in [0.25, 0.3) is 0 Å². The average Bonchev–Trinajstić information content (AvgIpc) is 2.32. The lowest BCUT2D eigenvalue weighted by molar-refractivity contribution is -0.117. The largest absolute Gasteiger partial charge is 0.399 e. The van der Waals surface area contributed by atoms with E-state index in [1.807, 2.05) is 31.9 Å². The number of benzene rings is 1. The van der Waals surface area contributed by atoms with Crippen molar-refractivity contribution in [2.24, 2.45) is 5.92 Å². The minimum absolute atomic E-state index is 0.0870. The van der Waals surface area contributed by atoms with Crippen LogP contribution in [-0.4, -0.2) is 30.9 Å². The Hall–Kier alpha value is -2.06. The van der Waals surface area contributed by atoms with Crippen LogP contribution in [0.25, 0.3) is 0 Å². The van der Waals surface area contributed by atoms with E-state index in [1.54, 1.807) is 12.1 Å². The van der Waals surface area contributed by atoms with E-state index in [9.17, 15) is 4.79 Å². The first-order chi connectivity index (χ1) is 8.92. The van der Waals surface area contributed by atoms with Gasteiger partial charge in [-0.25, -0.2) is 0 Å². The molecule has 3 N–H and O–H groups in total. The molecule has 1 unspecified atom stereocenters. The lowest BCUT2D eigenvalue weighted by Crippen LogP contribution is -2.33. The Morgan fingerprint density at radius 2 is 2.26 bits per heavy atom. The predicted molar refractivity (Wildman–Crippen MR) is 76.5 cm³/mol. The Balaban J connectivity index is 2.54. The minimum Gasteiger partial charge on any atom is -0.399 e. The number of amides is 1. The molecule has 0 aliphatic rings. The van der Waals surface area contributed by atoms with Crippen LogP contribution in [0.1, 0.15) is 12.5 Å². The first-order valence-corrected chi connectivity index (χ1v) is 6.16. The Morgan fingerprint density at radius 3 is 2.84 bits per heavy atom. The number of anilines is 2. The quantitative estimate of drug-likeness (QED) is 0.788. The van der Waals surface area contributed by atoms with Crippen molar-refractivity contribution in [2.75, 3.05) is 31.2 Å². The normalized spacial score (nSPS) is 11.9. The predicted octanol–water partition coefficient (Wildman–Crippen LogP) is 1.61. The number of nitrogens with one attached hydrogen (secondary N) is 1. The van der Waals surface area contributed by atoms with E-state index < -0.39 is 0 Å². The molecular formula is C14H20N4O. The van der Waals surface area contributed by atoms with Gasteiger partial charge in [-0.2, -0.15) is 5.26 Å². The van der Waals surface area contributed by atoms with Crippen LogP contribution < -0.4 is 11.1 Å². The van der Waals surface area contributed by atoms with Crippen LogP contribution in [0.15, 0.2) is 18.2 Å². The highest BCUT2D eigenvalue weighted by Gasteiger charge is 2.10. The topological polar surface area (TPSA) is 82.2 Å². The lowest BCUT2D eigenvalue weighted by atomic mass is 10.2. The molecule has 102 valence electrons. The molecular weight excluding hydrogens is 240 g/mol. The van der Waals surface area contributed by atoms with Crippen LogP contribution >= 0.6 is 0 Å². The van der Waals surface area contributed by atoms with Crippen LogP contribution in [0.2, 0.25) is 0 Å². The van der Waals surface area contributed by atoms with Crippen LogP contribution in [0.4, 0.5) is 11.4 Å². The molecule has 19 heavy (non-hydrogen) atoms. The monoisotopic (exact) mass is 260 g/mol. The molecule has 1 aromatic carbocycles. The van der Waals surface area contributed by atoms with E-state index in [0.717, 1.165) is 11.3 Å². The van der Waals surface area contributed by atoms with Crippen molar-refractivity contribution in [1.82, 2.24) is 4.90 Å². The molecule has 0 heterocycles. The number of nitriles is 1. The zero-order valence-corrected chi connectivity index (χ0v) is 11.6. The third-order valence-electron chi connectivity index (χ3n) is 2.74. The standard InChI is InChI=1S/C14H20N4O/c1-10(7-15)8-18(3)9-14(19)17-13-5-4-12(16)6-11(13)2/h4-6,10H,8-9,16H2,1-3H3,(H,17,19). The third-order valence-corrected chi connectivity index (χ3v) is 2.74. The lowest BCUT2D eigenvalue weighted by Gasteiger charge is -2.17. The number of hydrogen-bond donors (Lipinski definition) is 2. The molecule has 0 spiro atoms. The van der Waals surface area contributed by atoms with Gasteiger partial charge in [0.2, 0.25) is 5.91 Å². The summed E-state index contributed by atoms with van der Waals surface area (Å²) < 4.78 is 0. The van der Waals surface area contributed by atoms with Gasteiger partial charge in [-0.1, -0.05) is 0 Å². The SMILES string of the molecule is Cc1cc(N)ccc1NC(=O)CN(C)CC(C)C#N. The van der Waals surface area contributed by atoms with E-state index in [1.165, 1.54) is 0 Å². The van der Waals surface area contributed by atoms with Gasteiger partial charge < -0.3 is 11.1 Å². The number of likely N-dealkylation sites (N-methyl/N-ethyl adjacent to an activating group) is 1. The Bertz CT molecular complexity index is 493. The van der Waals surface area contributed by atoms with Crippen molar-refractivity contribution in [1.29, 1.82) is 5.26 Å². The van der Waals surface area contributed by atoms with E-state index in [0.29, 0.717) is 12.2 Å². The van der Waals surface area contributed by atoms with E-state index in [-0.39, 0.29) is 18.4 Å². The van der Waals surface area contributed by atoms with Gasteiger partial charge in [0.05, 0.1) is 18.5 Å². The Morgan fingerprint density at radius 1 is 1.58 bits per heavy atom. The maximum absolute atomic E-state index is 11.9. The average molecular weight is 260 g/mol.